The fourth-order valence-electron chi connectivity index (χ4n) is 3.76. The minimum Gasteiger partial charge on any atom is -0.493 e. The summed E-state index contributed by atoms with van der Waals surface area (Å²) >= 11 is 6.31. The molecule has 2 aromatic heterocycles. The van der Waals surface area contributed by atoms with E-state index in [1.165, 1.54) is 6.20 Å². The average Bonchev–Trinajstić information content (AvgIpc) is 3.18. The van der Waals surface area contributed by atoms with Crippen LogP contribution >= 0.6 is 11.6 Å². The van der Waals surface area contributed by atoms with Gasteiger partial charge in [-0.2, -0.15) is 5.10 Å². The number of halogens is 1. The van der Waals surface area contributed by atoms with Crippen LogP contribution in [0.2, 0.25) is 5.02 Å². The Kier molecular flexibility index (Phi) is 6.40. The highest BCUT2D eigenvalue weighted by atomic mass is 35.5. The lowest BCUT2D eigenvalue weighted by molar-refractivity contribution is 0.0699. The number of rotatable bonds is 8. The maximum Gasteiger partial charge on any atom is 0.339 e. The Morgan fingerprint density at radius 1 is 1.13 bits per heavy atom. The molecular formula is C22H25ClN4O3. The molecule has 3 aromatic rings. The molecule has 4 rings (SSSR count). The summed E-state index contributed by atoms with van der Waals surface area (Å²) < 4.78 is 7.36. The number of benzene rings is 1. The molecule has 1 fully saturated rings. The number of carboxylic acid groups (broad SMARTS) is 1. The van der Waals surface area contributed by atoms with Crippen molar-refractivity contribution in [2.45, 2.75) is 12.8 Å². The van der Waals surface area contributed by atoms with E-state index in [-0.39, 0.29) is 5.56 Å². The maximum absolute atomic E-state index is 11.2. The lowest BCUT2D eigenvalue weighted by Gasteiger charge is -2.36. The number of pyridine rings is 1. The van der Waals surface area contributed by atoms with E-state index in [9.17, 15) is 9.90 Å². The predicted molar refractivity (Wildman–Crippen MR) is 117 cm³/mol. The number of carboxylic acids is 1. The third-order valence-electron chi connectivity index (χ3n) is 5.43. The molecule has 3 heterocycles. The lowest BCUT2D eigenvalue weighted by atomic mass is 10.2. The zero-order chi connectivity index (χ0) is 20.9. The molecule has 0 aliphatic carbocycles. The molecule has 0 bridgehead atoms. The summed E-state index contributed by atoms with van der Waals surface area (Å²) in [5, 5.41) is 14.1. The van der Waals surface area contributed by atoms with E-state index in [0.29, 0.717) is 17.9 Å². The zero-order valence-corrected chi connectivity index (χ0v) is 17.5. The molecule has 0 spiro atoms. The van der Waals surface area contributed by atoms with Crippen molar-refractivity contribution >= 4 is 28.8 Å². The smallest absolute Gasteiger partial charge is 0.339 e. The van der Waals surface area contributed by atoms with Gasteiger partial charge in [0.25, 0.3) is 0 Å². The molecule has 0 radical (unpaired) electrons. The van der Waals surface area contributed by atoms with Gasteiger partial charge in [-0.1, -0.05) is 23.7 Å². The van der Waals surface area contributed by atoms with Crippen LogP contribution in [0, 0.1) is 0 Å². The molecule has 1 aromatic carbocycles. The summed E-state index contributed by atoms with van der Waals surface area (Å²) in [7, 11) is 0. The monoisotopic (exact) mass is 428 g/mol. The van der Waals surface area contributed by atoms with Crippen LogP contribution in [0.3, 0.4) is 0 Å². The Bertz CT molecular complexity index is 1010. The van der Waals surface area contributed by atoms with Crippen molar-refractivity contribution in [3.63, 3.8) is 0 Å². The second-order valence-electron chi connectivity index (χ2n) is 7.39. The quantitative estimate of drug-likeness (QED) is 0.552. The van der Waals surface area contributed by atoms with Gasteiger partial charge in [-0.05, 0) is 37.6 Å². The molecule has 8 heteroatoms. The Morgan fingerprint density at radius 3 is 2.70 bits per heavy atom. The van der Waals surface area contributed by atoms with Crippen molar-refractivity contribution in [2.75, 3.05) is 44.2 Å². The molecule has 0 saturated carbocycles. The SMILES string of the molecule is O=C(O)c1cnn2ccc(OCCCCN3CCN(c4ccccc4Cl)CC3)cc12. The summed E-state index contributed by atoms with van der Waals surface area (Å²) in [6, 6.07) is 11.5. The van der Waals surface area contributed by atoms with Gasteiger partial charge < -0.3 is 14.7 Å². The average molecular weight is 429 g/mol. The van der Waals surface area contributed by atoms with Gasteiger partial charge in [-0.25, -0.2) is 9.31 Å². The third kappa shape index (κ3) is 4.68. The standard InChI is InChI=1S/C22H25ClN4O3/c23-19-5-1-2-6-20(19)26-12-10-25(11-13-26)8-3-4-14-30-17-7-9-27-21(15-17)18(16-24-27)22(28)29/h1-2,5-7,9,15-16H,3-4,8,10-14H2,(H,28,29). The Hall–Kier alpha value is -2.77. The zero-order valence-electron chi connectivity index (χ0n) is 16.7. The van der Waals surface area contributed by atoms with Crippen LogP contribution in [0.5, 0.6) is 5.75 Å². The highest BCUT2D eigenvalue weighted by Crippen LogP contribution is 2.26. The first-order valence-corrected chi connectivity index (χ1v) is 10.5. The summed E-state index contributed by atoms with van der Waals surface area (Å²) in [5.74, 6) is -0.323. The van der Waals surface area contributed by atoms with Crippen molar-refractivity contribution in [2.24, 2.45) is 0 Å². The summed E-state index contributed by atoms with van der Waals surface area (Å²) in [6.45, 7) is 5.68. The highest BCUT2D eigenvalue weighted by Gasteiger charge is 2.18. The summed E-state index contributed by atoms with van der Waals surface area (Å²) in [4.78, 5) is 16.1. The number of hydrogen-bond acceptors (Lipinski definition) is 5. The fraction of sp³-hybridized carbons (Fsp3) is 0.364. The van der Waals surface area contributed by atoms with Crippen LogP contribution < -0.4 is 9.64 Å². The number of unbranched alkanes of at least 4 members (excludes halogenated alkanes) is 1. The van der Waals surface area contributed by atoms with Crippen LogP contribution in [0.15, 0.2) is 48.8 Å². The Morgan fingerprint density at radius 2 is 1.93 bits per heavy atom. The van der Waals surface area contributed by atoms with E-state index in [0.717, 1.165) is 56.3 Å². The third-order valence-corrected chi connectivity index (χ3v) is 5.75. The normalized spacial score (nSPS) is 14.9. The van der Waals surface area contributed by atoms with Crippen molar-refractivity contribution in [1.82, 2.24) is 14.5 Å². The van der Waals surface area contributed by atoms with Gasteiger partial charge in [0.05, 0.1) is 29.0 Å². The number of aromatic nitrogens is 2. The molecule has 1 aliphatic rings. The van der Waals surface area contributed by atoms with Crippen molar-refractivity contribution < 1.29 is 14.6 Å². The minimum absolute atomic E-state index is 0.177. The number of ether oxygens (including phenoxy) is 1. The second kappa shape index (κ2) is 9.36. The van der Waals surface area contributed by atoms with Crippen molar-refractivity contribution in [3.05, 3.63) is 59.4 Å². The number of aromatic carboxylic acids is 1. The van der Waals surface area contributed by atoms with Gasteiger partial charge in [0.15, 0.2) is 0 Å². The molecule has 0 atom stereocenters. The van der Waals surface area contributed by atoms with Crippen molar-refractivity contribution in [3.8, 4) is 5.75 Å². The van der Waals surface area contributed by atoms with Gasteiger partial charge in [0, 0.05) is 38.4 Å². The molecule has 30 heavy (non-hydrogen) atoms. The lowest BCUT2D eigenvalue weighted by Crippen LogP contribution is -2.46. The molecular weight excluding hydrogens is 404 g/mol. The number of piperazine rings is 1. The number of anilines is 1. The first-order chi connectivity index (χ1) is 14.6. The van der Waals surface area contributed by atoms with E-state index >= 15 is 0 Å². The van der Waals surface area contributed by atoms with E-state index in [1.54, 1.807) is 22.8 Å². The molecule has 0 amide bonds. The molecule has 7 nitrogen and oxygen atoms in total. The van der Waals surface area contributed by atoms with Crippen LogP contribution in [0.4, 0.5) is 5.69 Å². The predicted octanol–water partition coefficient (Wildman–Crippen LogP) is 3.67. The number of fused-ring (bicyclic) bond motifs is 1. The van der Waals surface area contributed by atoms with E-state index in [2.05, 4.69) is 21.0 Å². The van der Waals surface area contributed by atoms with Crippen LogP contribution in [-0.4, -0.2) is 64.9 Å². The van der Waals surface area contributed by atoms with Gasteiger partial charge >= 0.3 is 5.97 Å². The Labute approximate surface area is 180 Å². The Balaban J connectivity index is 1.18. The van der Waals surface area contributed by atoms with Crippen molar-refractivity contribution in [1.29, 1.82) is 0 Å². The molecule has 1 saturated heterocycles. The van der Waals surface area contributed by atoms with Gasteiger partial charge in [-0.3, -0.25) is 4.90 Å². The first kappa shape index (κ1) is 20.5. The van der Waals surface area contributed by atoms with Crippen LogP contribution in [0.25, 0.3) is 5.52 Å². The fourth-order valence-corrected chi connectivity index (χ4v) is 4.02. The minimum atomic E-state index is -0.989. The van der Waals surface area contributed by atoms with Gasteiger partial charge in [-0.15, -0.1) is 0 Å². The summed E-state index contributed by atoms with van der Waals surface area (Å²) in [6.07, 6.45) is 5.07. The number of nitrogens with zero attached hydrogens (tertiary/aromatic N) is 4. The highest BCUT2D eigenvalue weighted by molar-refractivity contribution is 6.33. The molecule has 1 N–H and O–H groups in total. The van der Waals surface area contributed by atoms with Gasteiger partial charge in [0.1, 0.15) is 11.3 Å². The van der Waals surface area contributed by atoms with E-state index in [4.69, 9.17) is 16.3 Å². The molecule has 0 unspecified atom stereocenters. The van der Waals surface area contributed by atoms with Crippen LogP contribution in [0.1, 0.15) is 23.2 Å². The number of hydrogen-bond donors (Lipinski definition) is 1. The summed E-state index contributed by atoms with van der Waals surface area (Å²) in [5.41, 5.74) is 1.83. The topological polar surface area (TPSA) is 70.3 Å². The second-order valence-corrected chi connectivity index (χ2v) is 7.80. The molecule has 1 aliphatic heterocycles. The molecule has 158 valence electrons. The van der Waals surface area contributed by atoms with E-state index in [1.807, 2.05) is 18.2 Å². The number of para-hydroxylation sites is 1. The largest absolute Gasteiger partial charge is 0.493 e. The first-order valence-electron chi connectivity index (χ1n) is 10.2. The number of carbonyl (C=O) groups is 1. The van der Waals surface area contributed by atoms with Gasteiger partial charge in [0.2, 0.25) is 0 Å². The van der Waals surface area contributed by atoms with Crippen LogP contribution in [-0.2, 0) is 0 Å². The van der Waals surface area contributed by atoms with E-state index < -0.39 is 5.97 Å². The maximum atomic E-state index is 11.2.